The summed E-state index contributed by atoms with van der Waals surface area (Å²) in [7, 11) is 0.693. The number of aryl methyl sites for hydroxylation is 1. The Morgan fingerprint density at radius 1 is 0.900 bits per heavy atom. The van der Waals surface area contributed by atoms with E-state index in [0.29, 0.717) is 22.1 Å². The molecule has 0 saturated heterocycles. The zero-order valence-electron chi connectivity index (χ0n) is 18.4. The number of hydrogen-bond donors (Lipinski definition) is 3. The van der Waals surface area contributed by atoms with Crippen LogP contribution in [0.4, 0.5) is 0 Å². The van der Waals surface area contributed by atoms with E-state index in [4.69, 9.17) is 12.2 Å². The molecule has 0 radical (unpaired) electrons. The minimum Gasteiger partial charge on any atom is -0.358 e. The van der Waals surface area contributed by atoms with Crippen molar-refractivity contribution in [2.75, 3.05) is 14.1 Å². The Morgan fingerprint density at radius 2 is 1.43 bits per heavy atom. The molecule has 30 heavy (non-hydrogen) atoms. The van der Waals surface area contributed by atoms with Gasteiger partial charge in [-0.05, 0) is 71.1 Å². The molecule has 1 aromatic carbocycles. The second-order valence-corrected chi connectivity index (χ2v) is 11.1. The van der Waals surface area contributed by atoms with Crippen LogP contribution >= 0.6 is 12.2 Å². The van der Waals surface area contributed by atoms with Crippen molar-refractivity contribution in [3.63, 3.8) is 0 Å². The van der Waals surface area contributed by atoms with E-state index in [9.17, 15) is 8.42 Å². The minimum absolute atomic E-state index is 0.000343. The van der Waals surface area contributed by atoms with Gasteiger partial charge in [-0.1, -0.05) is 43.4 Å². The van der Waals surface area contributed by atoms with Crippen LogP contribution in [-0.2, 0) is 10.0 Å². The molecule has 0 heterocycles. The van der Waals surface area contributed by atoms with Crippen molar-refractivity contribution in [3.05, 3.63) is 29.8 Å². The number of likely N-dealkylation sites (N-methyl/N-ethyl adjacent to an activating group) is 1. The third-order valence-corrected chi connectivity index (χ3v) is 8.17. The first kappa shape index (κ1) is 23.4. The normalized spacial score (nSPS) is 27.6. The van der Waals surface area contributed by atoms with Gasteiger partial charge in [-0.25, -0.2) is 13.1 Å². The molecule has 2 fully saturated rings. The predicted molar refractivity (Wildman–Crippen MR) is 126 cm³/mol. The van der Waals surface area contributed by atoms with Crippen molar-refractivity contribution in [1.82, 2.24) is 20.3 Å². The largest absolute Gasteiger partial charge is 0.358 e. The van der Waals surface area contributed by atoms with Crippen molar-refractivity contribution in [3.8, 4) is 0 Å². The van der Waals surface area contributed by atoms with Gasteiger partial charge in [0.05, 0.1) is 4.90 Å². The fourth-order valence-corrected chi connectivity index (χ4v) is 6.32. The summed E-state index contributed by atoms with van der Waals surface area (Å²) in [5.41, 5.74) is 1.04. The first-order valence-electron chi connectivity index (χ1n) is 11.1. The monoisotopic (exact) mass is 452 g/mol. The Bertz CT molecular complexity index is 811. The highest BCUT2D eigenvalue weighted by Crippen LogP contribution is 2.23. The maximum absolute atomic E-state index is 12.9. The lowest BCUT2D eigenvalue weighted by Gasteiger charge is -2.38. The summed E-state index contributed by atoms with van der Waals surface area (Å²) in [6.07, 6.45) is 8.58. The molecule has 8 heteroatoms. The smallest absolute Gasteiger partial charge is 0.240 e. The molecular weight excluding hydrogens is 416 g/mol. The van der Waals surface area contributed by atoms with E-state index in [-0.39, 0.29) is 12.1 Å². The Balaban J connectivity index is 1.62. The van der Waals surface area contributed by atoms with Gasteiger partial charge in [0.25, 0.3) is 0 Å². The molecule has 2 aliphatic rings. The summed E-state index contributed by atoms with van der Waals surface area (Å²) in [5.74, 6) is 0. The van der Waals surface area contributed by atoms with Gasteiger partial charge in [0.2, 0.25) is 10.0 Å². The van der Waals surface area contributed by atoms with Crippen molar-refractivity contribution in [1.29, 1.82) is 0 Å². The SMILES string of the molecule is Cc1ccc(S(=O)(=O)N[C@H]2CCCC[C@@H]2NC(=S)N[C@H]2CCCC[C@@H]2N(C)C)cc1. The quantitative estimate of drug-likeness (QED) is 0.577. The standard InChI is InChI=1S/C22H36N4O2S2/c1-16-12-14-17(15-13-16)30(27,28)25-19-9-5-4-8-18(19)23-22(29)24-20-10-6-7-11-21(20)26(2)3/h12-15,18-21,25H,4-11H2,1-3H3,(H2,23,24,29)/t18-,19-,20-,21-/m0/s1. The van der Waals surface area contributed by atoms with Crippen LogP contribution in [0.1, 0.15) is 56.9 Å². The minimum atomic E-state index is -3.55. The summed E-state index contributed by atoms with van der Waals surface area (Å²) in [4.78, 5) is 2.59. The molecule has 0 spiro atoms. The summed E-state index contributed by atoms with van der Waals surface area (Å²) in [6.45, 7) is 1.95. The first-order valence-corrected chi connectivity index (χ1v) is 13.0. The van der Waals surface area contributed by atoms with Gasteiger partial charge in [-0.2, -0.15) is 0 Å². The number of hydrogen-bond acceptors (Lipinski definition) is 4. The third-order valence-electron chi connectivity index (χ3n) is 6.43. The second-order valence-electron chi connectivity index (χ2n) is 8.97. The average Bonchev–Trinajstić information content (AvgIpc) is 2.70. The van der Waals surface area contributed by atoms with Crippen LogP contribution in [0.15, 0.2) is 29.2 Å². The van der Waals surface area contributed by atoms with Crippen LogP contribution in [0.2, 0.25) is 0 Å². The molecule has 0 bridgehead atoms. The highest BCUT2D eigenvalue weighted by Gasteiger charge is 2.31. The van der Waals surface area contributed by atoms with E-state index in [1.165, 1.54) is 19.3 Å². The van der Waals surface area contributed by atoms with Gasteiger partial charge >= 0.3 is 0 Å². The Morgan fingerprint density at radius 3 is 2.07 bits per heavy atom. The summed E-state index contributed by atoms with van der Waals surface area (Å²) < 4.78 is 28.7. The van der Waals surface area contributed by atoms with Crippen LogP contribution in [0.3, 0.4) is 0 Å². The molecule has 1 aromatic rings. The third kappa shape index (κ3) is 6.15. The van der Waals surface area contributed by atoms with E-state index < -0.39 is 10.0 Å². The molecule has 168 valence electrons. The molecule has 0 aromatic heterocycles. The molecule has 0 unspecified atom stereocenters. The van der Waals surface area contributed by atoms with E-state index in [0.717, 1.165) is 37.7 Å². The second kappa shape index (κ2) is 10.4. The molecule has 0 amide bonds. The molecular formula is C22H36N4O2S2. The number of nitrogens with zero attached hydrogens (tertiary/aromatic N) is 1. The number of thiocarbonyl (C=S) groups is 1. The lowest BCUT2D eigenvalue weighted by atomic mass is 9.89. The summed E-state index contributed by atoms with van der Waals surface area (Å²) in [5, 5.41) is 7.59. The lowest BCUT2D eigenvalue weighted by molar-refractivity contribution is 0.189. The van der Waals surface area contributed by atoms with Crippen LogP contribution in [-0.4, -0.2) is 56.7 Å². The number of nitrogens with one attached hydrogen (secondary N) is 3. The zero-order chi connectivity index (χ0) is 21.7. The van der Waals surface area contributed by atoms with Crippen LogP contribution in [0.5, 0.6) is 0 Å². The fourth-order valence-electron chi connectivity index (χ4n) is 4.71. The molecule has 6 nitrogen and oxygen atoms in total. The van der Waals surface area contributed by atoms with E-state index in [2.05, 4.69) is 34.4 Å². The maximum Gasteiger partial charge on any atom is 0.240 e. The molecule has 2 saturated carbocycles. The summed E-state index contributed by atoms with van der Waals surface area (Å²) in [6, 6.07) is 7.63. The van der Waals surface area contributed by atoms with Gasteiger partial charge in [0.1, 0.15) is 0 Å². The highest BCUT2D eigenvalue weighted by molar-refractivity contribution is 7.89. The Hall–Kier alpha value is -1.22. The van der Waals surface area contributed by atoms with Gasteiger partial charge in [0, 0.05) is 24.2 Å². The van der Waals surface area contributed by atoms with Crippen molar-refractivity contribution in [2.24, 2.45) is 0 Å². The van der Waals surface area contributed by atoms with Crippen molar-refractivity contribution in [2.45, 2.75) is 87.4 Å². The molecule has 3 N–H and O–H groups in total. The van der Waals surface area contributed by atoms with E-state index >= 15 is 0 Å². The molecule has 2 aliphatic carbocycles. The number of sulfonamides is 1. The number of rotatable bonds is 6. The lowest BCUT2D eigenvalue weighted by Crippen LogP contribution is -2.58. The van der Waals surface area contributed by atoms with Crippen LogP contribution < -0.4 is 15.4 Å². The van der Waals surface area contributed by atoms with Crippen molar-refractivity contribution < 1.29 is 8.42 Å². The van der Waals surface area contributed by atoms with Gasteiger partial charge < -0.3 is 15.5 Å². The number of benzene rings is 1. The maximum atomic E-state index is 12.9. The first-order chi connectivity index (χ1) is 14.3. The highest BCUT2D eigenvalue weighted by atomic mass is 32.2. The molecule has 3 rings (SSSR count). The van der Waals surface area contributed by atoms with Gasteiger partial charge in [-0.15, -0.1) is 0 Å². The predicted octanol–water partition coefficient (Wildman–Crippen LogP) is 2.92. The van der Waals surface area contributed by atoms with Gasteiger partial charge in [-0.3, -0.25) is 0 Å². The fraction of sp³-hybridized carbons (Fsp3) is 0.682. The average molecular weight is 453 g/mol. The van der Waals surface area contributed by atoms with Gasteiger partial charge in [0.15, 0.2) is 5.11 Å². The topological polar surface area (TPSA) is 73.5 Å². The van der Waals surface area contributed by atoms with E-state index in [1.54, 1.807) is 12.1 Å². The van der Waals surface area contributed by atoms with Crippen LogP contribution in [0.25, 0.3) is 0 Å². The molecule has 4 atom stereocenters. The zero-order valence-corrected chi connectivity index (χ0v) is 20.0. The van der Waals surface area contributed by atoms with E-state index in [1.807, 2.05) is 19.1 Å². The Labute approximate surface area is 187 Å². The van der Waals surface area contributed by atoms with Crippen LogP contribution in [0, 0.1) is 6.92 Å². The Kier molecular flexibility index (Phi) is 8.12. The van der Waals surface area contributed by atoms with Crippen molar-refractivity contribution >= 4 is 27.4 Å². The molecule has 0 aliphatic heterocycles. The summed E-state index contributed by atoms with van der Waals surface area (Å²) >= 11 is 5.64.